The highest BCUT2D eigenvalue weighted by Gasteiger charge is 2.29. The van der Waals surface area contributed by atoms with Crippen LogP contribution in [-0.4, -0.2) is 25.4 Å². The Morgan fingerprint density at radius 1 is 0.897 bits per heavy atom. The molecule has 2 heterocycles. The fourth-order valence-electron chi connectivity index (χ4n) is 4.46. The number of aromatic nitrogens is 4. The summed E-state index contributed by atoms with van der Waals surface area (Å²) in [6, 6.07) is 23.1. The summed E-state index contributed by atoms with van der Waals surface area (Å²) in [4.78, 5) is 26.9. The quantitative estimate of drug-likeness (QED) is 0.194. The summed E-state index contributed by atoms with van der Waals surface area (Å²) in [5.74, 6) is -0.423. The Bertz CT molecular complexity index is 1660. The van der Waals surface area contributed by atoms with Crippen LogP contribution in [0.4, 0.5) is 0 Å². The van der Waals surface area contributed by atoms with Crippen LogP contribution in [0.2, 0.25) is 10.0 Å². The molecular formula is C30H26Cl2N4O3. The molecule has 5 rings (SSSR count). The standard InChI is InChI=1S/C30H26Cl2N4O3/c1-19(2)16-26(29(37)39-18-20-6-4-3-5-7-20)35-30(38)36-28(34-35)27(22-10-14-24(32)15-11-22)25(17-33-36)21-8-12-23(31)13-9-21/h3-15,17,19,26H,16,18H2,1-2H3. The first-order chi connectivity index (χ1) is 18.8. The second-order valence-corrected chi connectivity index (χ2v) is 10.5. The van der Waals surface area contributed by atoms with Gasteiger partial charge in [-0.25, -0.2) is 9.59 Å². The van der Waals surface area contributed by atoms with Crippen molar-refractivity contribution in [1.82, 2.24) is 19.4 Å². The third-order valence-electron chi connectivity index (χ3n) is 6.35. The number of fused-ring (bicyclic) bond motifs is 1. The number of esters is 1. The Balaban J connectivity index is 1.64. The van der Waals surface area contributed by atoms with E-state index in [4.69, 9.17) is 27.9 Å². The lowest BCUT2D eigenvalue weighted by atomic mass is 9.97. The molecule has 5 aromatic rings. The normalized spacial score (nSPS) is 12.1. The van der Waals surface area contributed by atoms with Crippen LogP contribution in [0.25, 0.3) is 27.9 Å². The van der Waals surface area contributed by atoms with Crippen molar-refractivity contribution in [1.29, 1.82) is 0 Å². The van der Waals surface area contributed by atoms with Gasteiger partial charge in [0.2, 0.25) is 0 Å². The van der Waals surface area contributed by atoms with E-state index in [1.165, 1.54) is 9.20 Å². The minimum atomic E-state index is -0.917. The summed E-state index contributed by atoms with van der Waals surface area (Å²) in [6.07, 6.45) is 2.00. The van der Waals surface area contributed by atoms with Crippen molar-refractivity contribution in [3.63, 3.8) is 0 Å². The van der Waals surface area contributed by atoms with Gasteiger partial charge in [0, 0.05) is 21.2 Å². The van der Waals surface area contributed by atoms with E-state index in [0.717, 1.165) is 22.3 Å². The van der Waals surface area contributed by atoms with E-state index < -0.39 is 17.7 Å². The van der Waals surface area contributed by atoms with E-state index in [1.807, 2.05) is 68.4 Å². The molecule has 3 aromatic carbocycles. The minimum Gasteiger partial charge on any atom is -0.459 e. The largest absolute Gasteiger partial charge is 0.459 e. The lowest BCUT2D eigenvalue weighted by molar-refractivity contribution is -0.150. The fraction of sp³-hybridized carbons (Fsp3) is 0.200. The molecule has 0 bridgehead atoms. The molecule has 198 valence electrons. The maximum atomic E-state index is 13.6. The number of carbonyl (C=O) groups is 1. The number of ether oxygens (including phenoxy) is 1. The molecule has 0 fully saturated rings. The van der Waals surface area contributed by atoms with Crippen molar-refractivity contribution >= 4 is 34.8 Å². The van der Waals surface area contributed by atoms with Crippen LogP contribution in [0.5, 0.6) is 0 Å². The van der Waals surface area contributed by atoms with Crippen molar-refractivity contribution < 1.29 is 9.53 Å². The van der Waals surface area contributed by atoms with Gasteiger partial charge < -0.3 is 4.74 Å². The molecular weight excluding hydrogens is 535 g/mol. The van der Waals surface area contributed by atoms with E-state index in [1.54, 1.807) is 30.5 Å². The average Bonchev–Trinajstić information content (AvgIpc) is 3.27. The van der Waals surface area contributed by atoms with Crippen molar-refractivity contribution in [2.24, 2.45) is 5.92 Å². The zero-order valence-corrected chi connectivity index (χ0v) is 22.9. The summed E-state index contributed by atoms with van der Waals surface area (Å²) >= 11 is 12.3. The van der Waals surface area contributed by atoms with E-state index in [0.29, 0.717) is 27.7 Å². The van der Waals surface area contributed by atoms with Gasteiger partial charge in [-0.1, -0.05) is 91.6 Å². The second-order valence-electron chi connectivity index (χ2n) is 9.65. The summed E-state index contributed by atoms with van der Waals surface area (Å²) in [6.45, 7) is 4.06. The molecule has 2 aromatic heterocycles. The number of carbonyl (C=O) groups excluding carboxylic acids is 1. The first kappa shape index (κ1) is 26.7. The number of hydrogen-bond donors (Lipinski definition) is 0. The fourth-order valence-corrected chi connectivity index (χ4v) is 4.71. The van der Waals surface area contributed by atoms with Gasteiger partial charge in [-0.3, -0.25) is 0 Å². The van der Waals surface area contributed by atoms with Crippen LogP contribution in [0, 0.1) is 5.92 Å². The Labute approximate surface area is 235 Å². The third kappa shape index (κ3) is 5.75. The average molecular weight is 561 g/mol. The molecule has 0 amide bonds. The Morgan fingerprint density at radius 2 is 1.51 bits per heavy atom. The Morgan fingerprint density at radius 3 is 2.13 bits per heavy atom. The van der Waals surface area contributed by atoms with Crippen LogP contribution in [0.15, 0.2) is 89.9 Å². The molecule has 0 aliphatic heterocycles. The molecule has 0 saturated carbocycles. The molecule has 9 heteroatoms. The Kier molecular flexibility index (Phi) is 7.82. The van der Waals surface area contributed by atoms with Gasteiger partial charge >= 0.3 is 11.7 Å². The maximum Gasteiger partial charge on any atom is 0.368 e. The van der Waals surface area contributed by atoms with Gasteiger partial charge in [-0.05, 0) is 53.3 Å². The van der Waals surface area contributed by atoms with Crippen molar-refractivity contribution in [2.45, 2.75) is 32.9 Å². The molecule has 0 N–H and O–H groups in total. The van der Waals surface area contributed by atoms with Crippen LogP contribution in [0.1, 0.15) is 31.9 Å². The molecule has 0 aliphatic carbocycles. The predicted octanol–water partition coefficient (Wildman–Crippen LogP) is 6.86. The van der Waals surface area contributed by atoms with E-state index in [2.05, 4.69) is 10.2 Å². The Hall–Kier alpha value is -3.94. The first-order valence-electron chi connectivity index (χ1n) is 12.5. The van der Waals surface area contributed by atoms with Crippen molar-refractivity contribution in [3.8, 4) is 22.3 Å². The zero-order valence-electron chi connectivity index (χ0n) is 21.4. The molecule has 1 unspecified atom stereocenters. The highest BCUT2D eigenvalue weighted by Crippen LogP contribution is 2.35. The smallest absolute Gasteiger partial charge is 0.368 e. The van der Waals surface area contributed by atoms with Crippen molar-refractivity contribution in [2.75, 3.05) is 0 Å². The number of rotatable bonds is 8. The zero-order chi connectivity index (χ0) is 27.5. The maximum absolute atomic E-state index is 13.6. The molecule has 0 spiro atoms. The molecule has 0 radical (unpaired) electrons. The van der Waals surface area contributed by atoms with Crippen LogP contribution in [0.3, 0.4) is 0 Å². The van der Waals surface area contributed by atoms with Gasteiger partial charge in [0.05, 0.1) is 6.20 Å². The third-order valence-corrected chi connectivity index (χ3v) is 6.85. The van der Waals surface area contributed by atoms with Gasteiger partial charge in [0.25, 0.3) is 0 Å². The van der Waals surface area contributed by atoms with Gasteiger partial charge in [0.1, 0.15) is 6.61 Å². The molecule has 7 nitrogen and oxygen atoms in total. The first-order valence-corrected chi connectivity index (χ1v) is 13.3. The summed E-state index contributed by atoms with van der Waals surface area (Å²) in [5.41, 5.74) is 3.73. The highest BCUT2D eigenvalue weighted by atomic mass is 35.5. The topological polar surface area (TPSA) is 78.5 Å². The number of halogens is 2. The lowest BCUT2D eigenvalue weighted by Gasteiger charge is -2.17. The van der Waals surface area contributed by atoms with Gasteiger partial charge in [-0.2, -0.15) is 14.3 Å². The van der Waals surface area contributed by atoms with Crippen LogP contribution < -0.4 is 5.69 Å². The SMILES string of the molecule is CC(C)CC(C(=O)OCc1ccccc1)n1nc2c(-c3ccc(Cl)cc3)c(-c3ccc(Cl)cc3)cnn2c1=O. The van der Waals surface area contributed by atoms with Crippen LogP contribution >= 0.6 is 23.2 Å². The molecule has 0 aliphatic rings. The summed E-state index contributed by atoms with van der Waals surface area (Å²) in [7, 11) is 0. The number of nitrogens with zero attached hydrogens (tertiary/aromatic N) is 4. The predicted molar refractivity (Wildman–Crippen MR) is 153 cm³/mol. The molecule has 0 saturated heterocycles. The van der Waals surface area contributed by atoms with E-state index in [-0.39, 0.29) is 12.5 Å². The molecule has 1 atom stereocenters. The van der Waals surface area contributed by atoms with Gasteiger partial charge in [-0.15, -0.1) is 5.10 Å². The van der Waals surface area contributed by atoms with E-state index in [9.17, 15) is 9.59 Å². The monoisotopic (exact) mass is 560 g/mol. The van der Waals surface area contributed by atoms with Crippen LogP contribution in [-0.2, 0) is 16.1 Å². The minimum absolute atomic E-state index is 0.101. The van der Waals surface area contributed by atoms with Gasteiger partial charge in [0.15, 0.2) is 11.7 Å². The summed E-state index contributed by atoms with van der Waals surface area (Å²) < 4.78 is 8.05. The highest BCUT2D eigenvalue weighted by molar-refractivity contribution is 6.31. The lowest BCUT2D eigenvalue weighted by Crippen LogP contribution is -2.33. The van der Waals surface area contributed by atoms with Crippen molar-refractivity contribution in [3.05, 3.63) is 111 Å². The summed E-state index contributed by atoms with van der Waals surface area (Å²) in [5, 5.41) is 10.3. The van der Waals surface area contributed by atoms with E-state index >= 15 is 0 Å². The number of hydrogen-bond acceptors (Lipinski definition) is 5. The second kappa shape index (κ2) is 11.4. The molecule has 39 heavy (non-hydrogen) atoms. The number of benzene rings is 3.